The maximum absolute atomic E-state index is 17.4. The van der Waals surface area contributed by atoms with Gasteiger partial charge in [0.2, 0.25) is 5.88 Å². The molecule has 0 amide bonds. The lowest BCUT2D eigenvalue weighted by Gasteiger charge is -2.55. The highest BCUT2D eigenvalue weighted by Crippen LogP contribution is 2.53. The molecule has 5 heterocycles. The van der Waals surface area contributed by atoms with Crippen molar-refractivity contribution in [2.75, 3.05) is 64.7 Å². The first-order valence-electron chi connectivity index (χ1n) is 19.6. The molecule has 3 saturated heterocycles. The quantitative estimate of drug-likeness (QED) is 0.222. The predicted molar refractivity (Wildman–Crippen MR) is 201 cm³/mol. The van der Waals surface area contributed by atoms with Gasteiger partial charge in [0.05, 0.1) is 46.7 Å². The molecule has 294 valence electrons. The molecule has 9 rings (SSSR count). The van der Waals surface area contributed by atoms with Gasteiger partial charge in [-0.25, -0.2) is 13.8 Å². The van der Waals surface area contributed by atoms with Crippen LogP contribution in [0.15, 0.2) is 24.3 Å². The normalized spacial score (nSPS) is 27.1. The van der Waals surface area contributed by atoms with E-state index in [4.69, 9.17) is 33.7 Å². The van der Waals surface area contributed by atoms with E-state index in [0.29, 0.717) is 73.6 Å². The number of halogens is 2. The molecule has 3 atom stereocenters. The summed E-state index contributed by atoms with van der Waals surface area (Å²) in [6, 6.07) is 6.54. The van der Waals surface area contributed by atoms with E-state index in [0.717, 1.165) is 51.5 Å². The van der Waals surface area contributed by atoms with Gasteiger partial charge < -0.3 is 38.8 Å². The fourth-order valence-corrected chi connectivity index (χ4v) is 10.1. The molecule has 2 saturated carbocycles. The number of aromatic nitrogens is 3. The monoisotopic (exact) mass is 761 g/mol. The van der Waals surface area contributed by atoms with Crippen LogP contribution in [0.5, 0.6) is 17.6 Å². The van der Waals surface area contributed by atoms with Gasteiger partial charge in [-0.3, -0.25) is 4.90 Å². The Morgan fingerprint density at radius 1 is 1.00 bits per heavy atom. The van der Waals surface area contributed by atoms with Crippen LogP contribution < -0.4 is 14.4 Å². The summed E-state index contributed by atoms with van der Waals surface area (Å²) in [5, 5.41) is 23.2. The first-order valence-corrected chi connectivity index (χ1v) is 19.6. The van der Waals surface area contributed by atoms with Crippen LogP contribution in [0.1, 0.15) is 64.4 Å². The van der Waals surface area contributed by atoms with E-state index in [2.05, 4.69) is 9.88 Å². The van der Waals surface area contributed by atoms with Crippen molar-refractivity contribution in [2.45, 2.75) is 88.7 Å². The zero-order valence-electron chi connectivity index (χ0n) is 31.7. The number of nitrogens with zero attached hydrogens (tertiary/aromatic N) is 5. The number of anilines is 1. The maximum atomic E-state index is 17.4. The Kier molecular flexibility index (Phi) is 9.27. The second-order valence-corrected chi connectivity index (χ2v) is 16.3. The lowest BCUT2D eigenvalue weighted by molar-refractivity contribution is -0.242. The SMILES string of the molecule is CCc1c(F)ccc2cc(O)cc(-c3nc(OC)c4c(N5CCOCC(C)(O)C5)nc(OCC56CCCC5N(C5CC7(C5)OCCO7)CCC6)nc4c3F)c12. The molecule has 2 aliphatic carbocycles. The lowest BCUT2D eigenvalue weighted by Crippen LogP contribution is -2.63. The first-order chi connectivity index (χ1) is 26.5. The number of rotatable bonds is 8. The molecule has 0 bridgehead atoms. The third-order valence-electron chi connectivity index (χ3n) is 12.6. The minimum absolute atomic E-state index is 0.000953. The van der Waals surface area contributed by atoms with Crippen molar-refractivity contribution in [1.82, 2.24) is 19.9 Å². The third kappa shape index (κ3) is 6.34. The van der Waals surface area contributed by atoms with Crippen molar-refractivity contribution in [3.05, 3.63) is 41.5 Å². The third-order valence-corrected chi connectivity index (χ3v) is 12.6. The number of ether oxygens (including phenoxy) is 5. The zero-order chi connectivity index (χ0) is 38.1. The summed E-state index contributed by atoms with van der Waals surface area (Å²) in [6.07, 6.45) is 7.28. The number of piperidine rings is 1. The van der Waals surface area contributed by atoms with Crippen LogP contribution in [0.2, 0.25) is 0 Å². The van der Waals surface area contributed by atoms with E-state index in [-0.39, 0.29) is 58.4 Å². The van der Waals surface area contributed by atoms with E-state index >= 15 is 8.78 Å². The number of likely N-dealkylation sites (tertiary alicyclic amines) is 1. The standard InChI is InChI=1S/C41H49F2N5O7/c1-4-27-29(42)9-8-24-17-26(49)18-28(31(24)27)34-33(43)35-32(37(44-34)51-3)36(47-13-14-52-22-39(2,50)21-47)46-38(45-35)53-23-40-10-5-7-30(40)48(12-6-11-40)25-19-41(20-25)54-15-16-55-41/h8-9,17-18,25,30,49-50H,4-7,10-16,19-23H2,1-3H3. The topological polar surface area (TPSA) is 132 Å². The molecular formula is C41H49F2N5O7. The van der Waals surface area contributed by atoms with Gasteiger partial charge in [0, 0.05) is 42.4 Å². The molecule has 2 N–H and O–H groups in total. The number of benzene rings is 2. The number of pyridine rings is 1. The Labute approximate surface area is 318 Å². The molecule has 55 heavy (non-hydrogen) atoms. The Morgan fingerprint density at radius 2 is 1.80 bits per heavy atom. The molecule has 0 radical (unpaired) electrons. The summed E-state index contributed by atoms with van der Waals surface area (Å²) >= 11 is 0. The summed E-state index contributed by atoms with van der Waals surface area (Å²) in [7, 11) is 1.43. The van der Waals surface area contributed by atoms with Gasteiger partial charge in [-0.05, 0) is 80.1 Å². The van der Waals surface area contributed by atoms with Gasteiger partial charge in [-0.1, -0.05) is 19.4 Å². The van der Waals surface area contributed by atoms with Crippen molar-refractivity contribution in [3.8, 4) is 28.9 Å². The molecule has 1 spiro atoms. The fourth-order valence-electron chi connectivity index (χ4n) is 10.1. The number of fused-ring (bicyclic) bond motifs is 3. The second-order valence-electron chi connectivity index (χ2n) is 16.3. The van der Waals surface area contributed by atoms with E-state index in [1.165, 1.54) is 25.3 Å². The predicted octanol–water partition coefficient (Wildman–Crippen LogP) is 5.91. The van der Waals surface area contributed by atoms with E-state index in [9.17, 15) is 10.2 Å². The van der Waals surface area contributed by atoms with Gasteiger partial charge >= 0.3 is 6.01 Å². The number of β-amino-alcohol motifs (C(OH)–C–C–N with tert-alkyl or cyclic N) is 1. The highest BCUT2D eigenvalue weighted by molar-refractivity contribution is 6.03. The van der Waals surface area contributed by atoms with Crippen LogP contribution >= 0.6 is 0 Å². The van der Waals surface area contributed by atoms with Crippen LogP contribution in [0.4, 0.5) is 14.6 Å². The second kappa shape index (κ2) is 13.9. The summed E-state index contributed by atoms with van der Waals surface area (Å²) in [5.41, 5.74) is -1.03. The number of methoxy groups -OCH3 is 1. The van der Waals surface area contributed by atoms with Gasteiger partial charge in [0.1, 0.15) is 39.6 Å². The minimum Gasteiger partial charge on any atom is -0.508 e. The van der Waals surface area contributed by atoms with Crippen molar-refractivity contribution in [2.24, 2.45) is 5.41 Å². The number of phenolic OH excluding ortho intramolecular Hbond substituents is 1. The van der Waals surface area contributed by atoms with Gasteiger partial charge in [0.15, 0.2) is 11.6 Å². The van der Waals surface area contributed by atoms with Gasteiger partial charge in [0.25, 0.3) is 0 Å². The Hall–Kier alpha value is -3.95. The zero-order valence-corrected chi connectivity index (χ0v) is 31.7. The van der Waals surface area contributed by atoms with Crippen molar-refractivity contribution in [3.63, 3.8) is 0 Å². The van der Waals surface area contributed by atoms with Crippen LogP contribution in [0, 0.1) is 17.0 Å². The molecule has 3 aliphatic heterocycles. The van der Waals surface area contributed by atoms with Crippen LogP contribution in [0.25, 0.3) is 32.9 Å². The van der Waals surface area contributed by atoms with E-state index < -0.39 is 23.0 Å². The van der Waals surface area contributed by atoms with Gasteiger partial charge in [-0.15, -0.1) is 0 Å². The maximum Gasteiger partial charge on any atom is 0.319 e. The molecule has 3 unspecified atom stereocenters. The summed E-state index contributed by atoms with van der Waals surface area (Å²) in [5.74, 6) is -1.44. The van der Waals surface area contributed by atoms with E-state index in [1.807, 2.05) is 11.8 Å². The molecule has 5 aliphatic rings. The first kappa shape index (κ1) is 36.7. The fraction of sp³-hybridized carbons (Fsp3) is 0.585. The molecule has 14 heteroatoms. The van der Waals surface area contributed by atoms with Crippen molar-refractivity contribution < 1.29 is 42.7 Å². The number of aliphatic hydroxyl groups is 1. The number of phenols is 1. The number of hydrogen-bond donors (Lipinski definition) is 2. The summed E-state index contributed by atoms with van der Waals surface area (Å²) in [6.45, 7) is 7.09. The average Bonchev–Trinajstić information content (AvgIpc) is 3.79. The van der Waals surface area contributed by atoms with E-state index in [1.54, 1.807) is 13.0 Å². The van der Waals surface area contributed by atoms with Crippen molar-refractivity contribution >= 4 is 27.5 Å². The molecule has 4 aromatic rings. The lowest BCUT2D eigenvalue weighted by atomic mass is 9.72. The largest absolute Gasteiger partial charge is 0.508 e. The Bertz CT molecular complexity index is 2120. The number of aryl methyl sites for hydroxylation is 1. The molecule has 2 aromatic carbocycles. The Morgan fingerprint density at radius 3 is 2.58 bits per heavy atom. The van der Waals surface area contributed by atoms with Crippen molar-refractivity contribution in [1.29, 1.82) is 0 Å². The minimum atomic E-state index is -1.23. The molecule has 2 aromatic heterocycles. The van der Waals surface area contributed by atoms with Gasteiger partial charge in [-0.2, -0.15) is 9.97 Å². The number of hydrogen-bond acceptors (Lipinski definition) is 12. The summed E-state index contributed by atoms with van der Waals surface area (Å²) < 4.78 is 62.8. The smallest absolute Gasteiger partial charge is 0.319 e. The van der Waals surface area contributed by atoms with Crippen LogP contribution in [-0.2, 0) is 20.6 Å². The molecule has 5 fully saturated rings. The van der Waals surface area contributed by atoms with Crippen LogP contribution in [-0.4, -0.2) is 113 Å². The molecular weight excluding hydrogens is 712 g/mol. The number of aromatic hydroxyl groups is 1. The highest BCUT2D eigenvalue weighted by atomic mass is 19.1. The average molecular weight is 762 g/mol. The van der Waals surface area contributed by atoms with Crippen LogP contribution in [0.3, 0.4) is 0 Å². The Balaban J connectivity index is 1.14. The molecule has 12 nitrogen and oxygen atoms in total. The highest BCUT2D eigenvalue weighted by Gasteiger charge is 2.57. The summed E-state index contributed by atoms with van der Waals surface area (Å²) in [4.78, 5) is 18.8.